The first-order valence-electron chi connectivity index (χ1n) is 8.35. The zero-order valence-electron chi connectivity index (χ0n) is 14.7. The number of esters is 1. The van der Waals surface area contributed by atoms with Gasteiger partial charge in [-0.1, -0.05) is 55.8 Å². The van der Waals surface area contributed by atoms with Crippen molar-refractivity contribution in [3.8, 4) is 0 Å². The molecule has 138 valence electrons. The highest BCUT2D eigenvalue weighted by molar-refractivity contribution is 6.33. The molecule has 0 heterocycles. The van der Waals surface area contributed by atoms with Gasteiger partial charge < -0.3 is 10.1 Å². The van der Waals surface area contributed by atoms with Crippen LogP contribution in [0.4, 0.5) is 4.39 Å². The van der Waals surface area contributed by atoms with E-state index in [0.29, 0.717) is 18.9 Å². The Morgan fingerprint density at radius 2 is 1.85 bits per heavy atom. The molecular weight excluding hydrogens is 357 g/mol. The van der Waals surface area contributed by atoms with Gasteiger partial charge in [-0.25, -0.2) is 9.18 Å². The van der Waals surface area contributed by atoms with Gasteiger partial charge in [-0.05, 0) is 35.6 Å². The topological polar surface area (TPSA) is 55.4 Å². The summed E-state index contributed by atoms with van der Waals surface area (Å²) >= 11 is 5.78. The first-order valence-corrected chi connectivity index (χ1v) is 8.73. The molecule has 0 aliphatic carbocycles. The van der Waals surface area contributed by atoms with Crippen LogP contribution < -0.4 is 5.32 Å². The molecule has 0 unspecified atom stereocenters. The first kappa shape index (κ1) is 19.9. The lowest BCUT2D eigenvalue weighted by molar-refractivity contribution is -0.124. The average Bonchev–Trinajstić information content (AvgIpc) is 2.60. The molecule has 0 aliphatic rings. The monoisotopic (exact) mass is 377 g/mol. The minimum atomic E-state index is -0.965. The highest BCUT2D eigenvalue weighted by Gasteiger charge is 2.18. The van der Waals surface area contributed by atoms with Crippen LogP contribution in [0, 0.1) is 5.82 Å². The molecule has 0 saturated heterocycles. The van der Waals surface area contributed by atoms with Gasteiger partial charge in [-0.3, -0.25) is 4.79 Å². The molecule has 0 atom stereocenters. The second-order valence-electron chi connectivity index (χ2n) is 6.17. The maximum Gasteiger partial charge on any atom is 0.343 e. The van der Waals surface area contributed by atoms with Crippen molar-refractivity contribution in [3.63, 3.8) is 0 Å². The molecule has 26 heavy (non-hydrogen) atoms. The summed E-state index contributed by atoms with van der Waals surface area (Å²) in [6.07, 6.45) is 0.664. The Morgan fingerprint density at radius 1 is 1.15 bits per heavy atom. The van der Waals surface area contributed by atoms with E-state index in [1.807, 2.05) is 12.1 Å². The quantitative estimate of drug-likeness (QED) is 0.738. The zero-order chi connectivity index (χ0) is 19.1. The van der Waals surface area contributed by atoms with Crippen LogP contribution in [0.25, 0.3) is 0 Å². The lowest BCUT2D eigenvalue weighted by Gasteiger charge is -2.09. The van der Waals surface area contributed by atoms with Gasteiger partial charge in [0.25, 0.3) is 5.91 Å². The number of benzene rings is 2. The Morgan fingerprint density at radius 3 is 2.46 bits per heavy atom. The van der Waals surface area contributed by atoms with Crippen molar-refractivity contribution in [2.24, 2.45) is 0 Å². The average molecular weight is 378 g/mol. The van der Waals surface area contributed by atoms with E-state index in [4.69, 9.17) is 16.3 Å². The highest BCUT2D eigenvalue weighted by Crippen LogP contribution is 2.19. The second-order valence-corrected chi connectivity index (χ2v) is 6.58. The van der Waals surface area contributed by atoms with Crippen LogP contribution in [0.15, 0.2) is 42.5 Å². The zero-order valence-corrected chi connectivity index (χ0v) is 15.5. The Labute approximate surface area is 157 Å². The van der Waals surface area contributed by atoms with Crippen LogP contribution in [0.2, 0.25) is 5.02 Å². The fraction of sp³-hybridized carbons (Fsp3) is 0.300. The van der Waals surface area contributed by atoms with Gasteiger partial charge in [0.1, 0.15) is 11.4 Å². The van der Waals surface area contributed by atoms with Crippen LogP contribution in [0.5, 0.6) is 0 Å². The molecule has 4 nitrogen and oxygen atoms in total. The third-order valence-corrected chi connectivity index (χ3v) is 4.20. The summed E-state index contributed by atoms with van der Waals surface area (Å²) < 4.78 is 18.4. The summed E-state index contributed by atoms with van der Waals surface area (Å²) in [6.45, 7) is 4.18. The minimum Gasteiger partial charge on any atom is -0.452 e. The molecule has 0 bridgehead atoms. The minimum absolute atomic E-state index is 0.0553. The number of hydrogen-bond donors (Lipinski definition) is 1. The molecule has 2 aromatic rings. The van der Waals surface area contributed by atoms with E-state index >= 15 is 0 Å². The van der Waals surface area contributed by atoms with E-state index in [2.05, 4.69) is 31.3 Å². The Kier molecular flexibility index (Phi) is 7.16. The summed E-state index contributed by atoms with van der Waals surface area (Å²) in [5.41, 5.74) is 1.99. The maximum absolute atomic E-state index is 13.6. The fourth-order valence-electron chi connectivity index (χ4n) is 2.36. The van der Waals surface area contributed by atoms with Crippen molar-refractivity contribution >= 4 is 23.5 Å². The number of ether oxygens (including phenoxy) is 1. The third kappa shape index (κ3) is 5.56. The molecule has 0 aromatic heterocycles. The molecule has 0 aliphatic heterocycles. The molecule has 1 N–H and O–H groups in total. The Bertz CT molecular complexity index is 755. The van der Waals surface area contributed by atoms with Crippen LogP contribution >= 0.6 is 11.6 Å². The van der Waals surface area contributed by atoms with E-state index in [-0.39, 0.29) is 10.6 Å². The molecule has 1 amide bonds. The van der Waals surface area contributed by atoms with Crippen LogP contribution in [-0.4, -0.2) is 25.0 Å². The molecule has 2 rings (SSSR count). The third-order valence-electron chi connectivity index (χ3n) is 3.88. The van der Waals surface area contributed by atoms with E-state index in [1.165, 1.54) is 17.7 Å². The van der Waals surface area contributed by atoms with Gasteiger partial charge in [-0.2, -0.15) is 0 Å². The van der Waals surface area contributed by atoms with Crippen LogP contribution in [-0.2, 0) is 16.0 Å². The molecule has 6 heteroatoms. The number of amides is 1. The Balaban J connectivity index is 1.76. The number of hydrogen-bond acceptors (Lipinski definition) is 3. The lowest BCUT2D eigenvalue weighted by atomic mass is 10.0. The van der Waals surface area contributed by atoms with E-state index < -0.39 is 24.3 Å². The molecule has 0 fully saturated rings. The number of rotatable bonds is 7. The van der Waals surface area contributed by atoms with Gasteiger partial charge in [0.15, 0.2) is 6.61 Å². The molecule has 2 aromatic carbocycles. The smallest absolute Gasteiger partial charge is 0.343 e. The number of halogens is 2. The van der Waals surface area contributed by atoms with Crippen molar-refractivity contribution in [1.82, 2.24) is 5.32 Å². The molecule has 0 saturated carbocycles. The summed E-state index contributed by atoms with van der Waals surface area (Å²) in [5, 5.41) is 2.61. The van der Waals surface area contributed by atoms with E-state index in [1.54, 1.807) is 0 Å². The van der Waals surface area contributed by atoms with Crippen molar-refractivity contribution < 1.29 is 18.7 Å². The summed E-state index contributed by atoms with van der Waals surface area (Å²) in [7, 11) is 0. The number of carbonyl (C=O) groups is 2. The number of nitrogens with one attached hydrogen (secondary N) is 1. The standard InChI is InChI=1S/C20H21ClFNO3/c1-13(2)15-8-6-14(7-9-15)10-11-23-18(24)12-26-20(25)19-16(21)4-3-5-17(19)22/h3-9,13H,10-12H2,1-2H3,(H,23,24). The van der Waals surface area contributed by atoms with E-state index in [9.17, 15) is 14.0 Å². The van der Waals surface area contributed by atoms with Crippen molar-refractivity contribution in [3.05, 3.63) is 70.0 Å². The highest BCUT2D eigenvalue weighted by atomic mass is 35.5. The molecule has 0 spiro atoms. The largest absolute Gasteiger partial charge is 0.452 e. The SMILES string of the molecule is CC(C)c1ccc(CCNC(=O)COC(=O)c2c(F)cccc2Cl)cc1. The van der Waals surface area contributed by atoms with Gasteiger partial charge in [0.2, 0.25) is 0 Å². The molecule has 0 radical (unpaired) electrons. The molecular formula is C20H21ClFNO3. The normalized spacial score (nSPS) is 10.7. The Hall–Kier alpha value is -2.40. The predicted octanol–water partition coefficient (Wildman–Crippen LogP) is 4.12. The fourth-order valence-corrected chi connectivity index (χ4v) is 2.60. The summed E-state index contributed by atoms with van der Waals surface area (Å²) in [5.74, 6) is -1.73. The number of carbonyl (C=O) groups excluding carboxylic acids is 2. The first-order chi connectivity index (χ1) is 12.4. The lowest BCUT2D eigenvalue weighted by Crippen LogP contribution is -2.30. The van der Waals surface area contributed by atoms with E-state index in [0.717, 1.165) is 11.6 Å². The summed E-state index contributed by atoms with van der Waals surface area (Å²) in [4.78, 5) is 23.6. The van der Waals surface area contributed by atoms with Crippen molar-refractivity contribution in [1.29, 1.82) is 0 Å². The maximum atomic E-state index is 13.6. The van der Waals surface area contributed by atoms with Gasteiger partial charge in [0.05, 0.1) is 5.02 Å². The van der Waals surface area contributed by atoms with Gasteiger partial charge in [-0.15, -0.1) is 0 Å². The van der Waals surface area contributed by atoms with Crippen molar-refractivity contribution in [2.75, 3.05) is 13.2 Å². The van der Waals surface area contributed by atoms with Crippen LogP contribution in [0.1, 0.15) is 41.3 Å². The summed E-state index contributed by atoms with van der Waals surface area (Å²) in [6, 6.07) is 12.1. The van der Waals surface area contributed by atoms with Crippen LogP contribution in [0.3, 0.4) is 0 Å². The van der Waals surface area contributed by atoms with Crippen molar-refractivity contribution in [2.45, 2.75) is 26.2 Å². The van der Waals surface area contributed by atoms with Gasteiger partial charge in [0, 0.05) is 6.54 Å². The predicted molar refractivity (Wildman–Crippen MR) is 98.9 cm³/mol. The second kappa shape index (κ2) is 9.34. The van der Waals surface area contributed by atoms with Gasteiger partial charge >= 0.3 is 5.97 Å².